The van der Waals surface area contributed by atoms with Crippen LogP contribution in [0.3, 0.4) is 0 Å². The van der Waals surface area contributed by atoms with Crippen molar-refractivity contribution in [2.45, 2.75) is 32.9 Å². The summed E-state index contributed by atoms with van der Waals surface area (Å²) in [4.78, 5) is 14.8. The summed E-state index contributed by atoms with van der Waals surface area (Å²) in [5.74, 6) is 0.210. The quantitative estimate of drug-likeness (QED) is 0.590. The van der Waals surface area contributed by atoms with E-state index in [2.05, 4.69) is 44.1 Å². The van der Waals surface area contributed by atoms with Gasteiger partial charge in [0.15, 0.2) is 0 Å². The van der Waals surface area contributed by atoms with Crippen LogP contribution >= 0.6 is 0 Å². The minimum Gasteiger partial charge on any atom is -0.496 e. The van der Waals surface area contributed by atoms with Gasteiger partial charge >= 0.3 is 0 Å². The second-order valence-corrected chi connectivity index (χ2v) is 7.99. The van der Waals surface area contributed by atoms with Crippen LogP contribution < -0.4 is 15.0 Å². The summed E-state index contributed by atoms with van der Waals surface area (Å²) in [6, 6.07) is 15.6. The zero-order valence-corrected chi connectivity index (χ0v) is 18.1. The number of fused-ring (bicyclic) bond motifs is 1. The molecule has 0 atom stereocenters. The van der Waals surface area contributed by atoms with E-state index in [0.29, 0.717) is 17.9 Å². The topological polar surface area (TPSA) is 65.4 Å². The lowest BCUT2D eigenvalue weighted by Crippen LogP contribution is -2.42. The molecule has 3 rings (SSSR count). The zero-order chi connectivity index (χ0) is 21.9. The molecular weight excluding hydrogens is 374 g/mol. The summed E-state index contributed by atoms with van der Waals surface area (Å²) in [6.45, 7) is 6.75. The van der Waals surface area contributed by atoms with Crippen molar-refractivity contribution >= 4 is 23.2 Å². The standard InChI is InChI=1S/C25H27N3O2/c1-17-14-25(2,3)28(4)22-13-23(30-5)19(12-21(17)22)11-20(15-26)24(29)27-16-18-9-7-6-8-10-18/h6-14H,16H2,1-5H3,(H,27,29)/b20-11+. The molecule has 1 amide bonds. The molecular formula is C25H27N3O2. The number of likely N-dealkylation sites (N-methyl/N-ethyl adjacent to an activating group) is 1. The summed E-state index contributed by atoms with van der Waals surface area (Å²) in [5.41, 5.74) is 4.86. The van der Waals surface area contributed by atoms with E-state index in [4.69, 9.17) is 4.74 Å². The first-order valence-electron chi connectivity index (χ1n) is 9.86. The number of amides is 1. The van der Waals surface area contributed by atoms with Gasteiger partial charge in [-0.15, -0.1) is 0 Å². The van der Waals surface area contributed by atoms with Gasteiger partial charge in [0.25, 0.3) is 5.91 Å². The normalized spacial score (nSPS) is 15.0. The highest BCUT2D eigenvalue weighted by Gasteiger charge is 2.29. The molecule has 0 saturated heterocycles. The molecule has 1 N–H and O–H groups in total. The van der Waals surface area contributed by atoms with Gasteiger partial charge in [-0.3, -0.25) is 4.79 Å². The third-order valence-electron chi connectivity index (χ3n) is 5.53. The van der Waals surface area contributed by atoms with Gasteiger partial charge in [0.05, 0.1) is 12.6 Å². The average Bonchev–Trinajstić information content (AvgIpc) is 2.74. The van der Waals surface area contributed by atoms with Gasteiger partial charge in [-0.1, -0.05) is 36.4 Å². The Morgan fingerprint density at radius 1 is 1.27 bits per heavy atom. The van der Waals surface area contributed by atoms with Crippen molar-refractivity contribution in [3.63, 3.8) is 0 Å². The number of rotatable bonds is 5. The maximum absolute atomic E-state index is 12.6. The molecule has 0 spiro atoms. The maximum Gasteiger partial charge on any atom is 0.262 e. The minimum absolute atomic E-state index is 0.0373. The SMILES string of the molecule is COc1cc2c(cc1/C=C(\C#N)C(=O)NCc1ccccc1)C(C)=CC(C)(C)N2C. The first-order chi connectivity index (χ1) is 14.3. The minimum atomic E-state index is -0.411. The fraction of sp³-hybridized carbons (Fsp3) is 0.280. The second kappa shape index (κ2) is 8.46. The van der Waals surface area contributed by atoms with Gasteiger partial charge in [0, 0.05) is 36.5 Å². The molecule has 1 aliphatic heterocycles. The molecule has 0 saturated carbocycles. The van der Waals surface area contributed by atoms with Crippen molar-refractivity contribution in [1.29, 1.82) is 5.26 Å². The molecule has 2 aromatic carbocycles. The van der Waals surface area contributed by atoms with Crippen LogP contribution in [0.25, 0.3) is 11.6 Å². The van der Waals surface area contributed by atoms with E-state index in [-0.39, 0.29) is 11.1 Å². The molecule has 0 unspecified atom stereocenters. The molecule has 0 radical (unpaired) electrons. The molecule has 1 heterocycles. The summed E-state index contributed by atoms with van der Waals surface area (Å²) in [5, 5.41) is 12.4. The number of methoxy groups -OCH3 is 1. The first-order valence-corrected chi connectivity index (χ1v) is 9.86. The van der Waals surface area contributed by atoms with Gasteiger partial charge in [-0.2, -0.15) is 5.26 Å². The fourth-order valence-corrected chi connectivity index (χ4v) is 3.66. The van der Waals surface area contributed by atoms with Crippen LogP contribution in [0.5, 0.6) is 5.75 Å². The maximum atomic E-state index is 12.6. The van der Waals surface area contributed by atoms with Crippen LogP contribution in [0.15, 0.2) is 54.1 Å². The Kier molecular flexibility index (Phi) is 5.98. The van der Waals surface area contributed by atoms with Crippen LogP contribution in [-0.4, -0.2) is 25.6 Å². The van der Waals surface area contributed by atoms with E-state index in [9.17, 15) is 10.1 Å². The van der Waals surface area contributed by atoms with E-state index in [1.807, 2.05) is 48.5 Å². The van der Waals surface area contributed by atoms with Crippen molar-refractivity contribution in [3.05, 3.63) is 70.8 Å². The largest absolute Gasteiger partial charge is 0.496 e. The molecule has 0 aromatic heterocycles. The summed E-state index contributed by atoms with van der Waals surface area (Å²) >= 11 is 0. The average molecular weight is 402 g/mol. The number of carbonyl (C=O) groups excluding carboxylic acids is 1. The van der Waals surface area contributed by atoms with Gasteiger partial charge in [0.2, 0.25) is 0 Å². The third kappa shape index (κ3) is 4.23. The highest BCUT2D eigenvalue weighted by molar-refractivity contribution is 6.02. The lowest BCUT2D eigenvalue weighted by atomic mass is 9.88. The van der Waals surface area contributed by atoms with Gasteiger partial charge in [-0.05, 0) is 44.1 Å². The Bertz CT molecular complexity index is 1060. The van der Waals surface area contributed by atoms with Crippen molar-refractivity contribution in [2.24, 2.45) is 0 Å². The van der Waals surface area contributed by atoms with Crippen LogP contribution in [0.4, 0.5) is 5.69 Å². The highest BCUT2D eigenvalue weighted by Crippen LogP contribution is 2.41. The van der Waals surface area contributed by atoms with Crippen LogP contribution in [-0.2, 0) is 11.3 Å². The number of anilines is 1. The molecule has 0 bridgehead atoms. The Labute approximate surface area is 178 Å². The van der Waals surface area contributed by atoms with E-state index in [1.54, 1.807) is 13.2 Å². The summed E-state index contributed by atoms with van der Waals surface area (Å²) in [7, 11) is 3.64. The van der Waals surface area contributed by atoms with E-state index in [1.165, 1.54) is 0 Å². The molecule has 30 heavy (non-hydrogen) atoms. The van der Waals surface area contributed by atoms with Crippen molar-refractivity contribution in [3.8, 4) is 11.8 Å². The lowest BCUT2D eigenvalue weighted by molar-refractivity contribution is -0.117. The Morgan fingerprint density at radius 2 is 1.97 bits per heavy atom. The van der Waals surface area contributed by atoms with E-state index < -0.39 is 5.91 Å². The van der Waals surface area contributed by atoms with Gasteiger partial charge < -0.3 is 15.0 Å². The number of hydrogen-bond acceptors (Lipinski definition) is 4. The number of hydrogen-bond donors (Lipinski definition) is 1. The first kappa shape index (κ1) is 21.2. The Morgan fingerprint density at radius 3 is 2.60 bits per heavy atom. The number of nitrogens with zero attached hydrogens (tertiary/aromatic N) is 2. The molecule has 2 aromatic rings. The molecule has 154 valence electrons. The smallest absolute Gasteiger partial charge is 0.262 e. The summed E-state index contributed by atoms with van der Waals surface area (Å²) < 4.78 is 5.59. The number of carbonyl (C=O) groups is 1. The molecule has 0 fully saturated rings. The number of allylic oxidation sites excluding steroid dienone is 1. The molecule has 1 aliphatic rings. The number of ether oxygens (including phenoxy) is 1. The zero-order valence-electron chi connectivity index (χ0n) is 18.1. The number of nitrogens with one attached hydrogen (secondary N) is 1. The van der Waals surface area contributed by atoms with Crippen molar-refractivity contribution < 1.29 is 9.53 Å². The van der Waals surface area contributed by atoms with Crippen molar-refractivity contribution in [1.82, 2.24) is 5.32 Å². The fourth-order valence-electron chi connectivity index (χ4n) is 3.66. The Balaban J connectivity index is 1.94. The monoisotopic (exact) mass is 401 g/mol. The van der Waals surface area contributed by atoms with Crippen LogP contribution in [0.1, 0.15) is 37.5 Å². The molecule has 5 heteroatoms. The summed E-state index contributed by atoms with van der Waals surface area (Å²) in [6.07, 6.45) is 3.81. The van der Waals surface area contributed by atoms with Crippen LogP contribution in [0, 0.1) is 11.3 Å². The predicted octanol–water partition coefficient (Wildman–Crippen LogP) is 4.55. The second-order valence-electron chi connectivity index (χ2n) is 7.99. The number of benzene rings is 2. The van der Waals surface area contributed by atoms with Crippen LogP contribution in [0.2, 0.25) is 0 Å². The van der Waals surface area contributed by atoms with Gasteiger partial charge in [-0.25, -0.2) is 0 Å². The lowest BCUT2D eigenvalue weighted by Gasteiger charge is -2.41. The number of nitriles is 1. The van der Waals surface area contributed by atoms with E-state index >= 15 is 0 Å². The van der Waals surface area contributed by atoms with E-state index in [0.717, 1.165) is 22.4 Å². The Hall–Kier alpha value is -3.52. The predicted molar refractivity (Wildman–Crippen MR) is 121 cm³/mol. The van der Waals surface area contributed by atoms with Gasteiger partial charge in [0.1, 0.15) is 17.4 Å². The van der Waals surface area contributed by atoms with Crippen molar-refractivity contribution in [2.75, 3.05) is 19.1 Å². The molecule has 0 aliphatic carbocycles. The molecule has 5 nitrogen and oxygen atoms in total. The third-order valence-corrected chi connectivity index (χ3v) is 5.53. The highest BCUT2D eigenvalue weighted by atomic mass is 16.5.